The van der Waals surface area contributed by atoms with Gasteiger partial charge >= 0.3 is 5.97 Å². The Balaban J connectivity index is 4.32. The van der Waals surface area contributed by atoms with Crippen LogP contribution in [0.25, 0.3) is 0 Å². The van der Waals surface area contributed by atoms with Gasteiger partial charge < -0.3 is 4.74 Å². The monoisotopic (exact) mass is 184 g/mol. The van der Waals surface area contributed by atoms with Crippen LogP contribution in [0.3, 0.4) is 0 Å². The molecule has 0 heterocycles. The van der Waals surface area contributed by atoms with Crippen molar-refractivity contribution in [3.05, 3.63) is 12.2 Å². The van der Waals surface area contributed by atoms with Gasteiger partial charge in [0.15, 0.2) is 0 Å². The average molecular weight is 184 g/mol. The first kappa shape index (κ1) is 11.2. The van der Waals surface area contributed by atoms with Crippen molar-refractivity contribution in [2.75, 3.05) is 7.11 Å². The molecular weight excluding hydrogens is 176 g/mol. The maximum absolute atomic E-state index is 10.7. The molecule has 0 aromatic heterocycles. The highest BCUT2D eigenvalue weighted by atomic mass is 16.5. The molecule has 70 valence electrons. The van der Waals surface area contributed by atoms with Crippen LogP contribution in [-0.2, 0) is 23.9 Å². The lowest BCUT2D eigenvalue weighted by molar-refractivity contribution is -0.141. The molecule has 0 bridgehead atoms. The van der Waals surface area contributed by atoms with Crippen molar-refractivity contribution >= 4 is 23.3 Å². The highest BCUT2D eigenvalue weighted by Gasteiger charge is 2.15. The van der Waals surface area contributed by atoms with E-state index in [0.29, 0.717) is 6.08 Å². The van der Waals surface area contributed by atoms with Crippen LogP contribution in [0, 0.1) is 0 Å². The number of rotatable bonds is 4. The van der Waals surface area contributed by atoms with Gasteiger partial charge in [0, 0.05) is 13.0 Å². The lowest BCUT2D eigenvalue weighted by Crippen LogP contribution is -2.19. The number of allylic oxidation sites excluding steroid dienone is 1. The van der Waals surface area contributed by atoms with Crippen LogP contribution in [0.15, 0.2) is 12.2 Å². The van der Waals surface area contributed by atoms with Gasteiger partial charge in [0.2, 0.25) is 11.6 Å². The molecule has 0 aliphatic carbocycles. The van der Waals surface area contributed by atoms with Gasteiger partial charge in [0.05, 0.1) is 7.11 Å². The summed E-state index contributed by atoms with van der Waals surface area (Å²) in [6, 6.07) is 0. The summed E-state index contributed by atoms with van der Waals surface area (Å²) < 4.78 is 4.17. The molecule has 0 aromatic carbocycles. The molecule has 0 amide bonds. The topological polar surface area (TPSA) is 77.5 Å². The van der Waals surface area contributed by atoms with E-state index in [9.17, 15) is 19.2 Å². The third-order valence-corrected chi connectivity index (χ3v) is 1.12. The van der Waals surface area contributed by atoms with E-state index >= 15 is 0 Å². The quantitative estimate of drug-likeness (QED) is 0.253. The van der Waals surface area contributed by atoms with Crippen molar-refractivity contribution in [3.63, 3.8) is 0 Å². The highest BCUT2D eigenvalue weighted by molar-refractivity contribution is 6.65. The van der Waals surface area contributed by atoms with Crippen molar-refractivity contribution < 1.29 is 23.9 Å². The Morgan fingerprint density at radius 2 is 1.62 bits per heavy atom. The minimum absolute atomic E-state index is 0.704. The van der Waals surface area contributed by atoms with Gasteiger partial charge in [-0.05, 0) is 6.08 Å². The molecule has 13 heavy (non-hydrogen) atoms. The van der Waals surface area contributed by atoms with Crippen LogP contribution in [0.2, 0.25) is 0 Å². The summed E-state index contributed by atoms with van der Waals surface area (Å²) in [6.45, 7) is 0.978. The van der Waals surface area contributed by atoms with E-state index < -0.39 is 23.3 Å². The largest absolute Gasteiger partial charge is 0.466 e. The fourth-order valence-electron chi connectivity index (χ4n) is 0.461. The van der Waals surface area contributed by atoms with Crippen LogP contribution in [0.1, 0.15) is 6.92 Å². The van der Waals surface area contributed by atoms with Crippen molar-refractivity contribution in [3.8, 4) is 0 Å². The fraction of sp³-hybridized carbons (Fsp3) is 0.250. The Morgan fingerprint density at radius 1 is 1.08 bits per heavy atom. The maximum Gasteiger partial charge on any atom is 0.330 e. The smallest absolute Gasteiger partial charge is 0.330 e. The second-order valence-electron chi connectivity index (χ2n) is 2.11. The zero-order chi connectivity index (χ0) is 10.4. The van der Waals surface area contributed by atoms with Gasteiger partial charge in [-0.2, -0.15) is 0 Å². The van der Waals surface area contributed by atoms with E-state index in [1.165, 1.54) is 0 Å². The van der Waals surface area contributed by atoms with Gasteiger partial charge in [-0.1, -0.05) is 0 Å². The molecule has 0 aliphatic rings. The number of ether oxygens (including phenoxy) is 1. The summed E-state index contributed by atoms with van der Waals surface area (Å²) in [7, 11) is 1.13. The van der Waals surface area contributed by atoms with Gasteiger partial charge in [-0.3, -0.25) is 14.4 Å². The third-order valence-electron chi connectivity index (χ3n) is 1.12. The van der Waals surface area contributed by atoms with Gasteiger partial charge in [-0.25, -0.2) is 4.79 Å². The van der Waals surface area contributed by atoms with Crippen LogP contribution in [-0.4, -0.2) is 30.4 Å². The Hall–Kier alpha value is -1.78. The standard InChI is InChI=1S/C8H8O5/c1-5(9)8(12)6(10)3-4-7(11)13-2/h3-4H,1-2H3/b4-3+. The summed E-state index contributed by atoms with van der Waals surface area (Å²) in [6.07, 6.45) is 1.48. The summed E-state index contributed by atoms with van der Waals surface area (Å²) in [5, 5.41) is 0. The number of ketones is 3. The van der Waals surface area contributed by atoms with E-state index in [0.717, 1.165) is 20.1 Å². The van der Waals surface area contributed by atoms with Crippen LogP contribution in [0.4, 0.5) is 0 Å². The Labute approximate surface area is 74.4 Å². The summed E-state index contributed by atoms with van der Waals surface area (Å²) in [5.41, 5.74) is 0. The maximum atomic E-state index is 10.7. The molecule has 0 fully saturated rings. The number of methoxy groups -OCH3 is 1. The van der Waals surface area contributed by atoms with Gasteiger partial charge in [0.1, 0.15) is 0 Å². The Bertz CT molecular complexity index is 287. The normalized spacial score (nSPS) is 9.69. The molecule has 5 nitrogen and oxygen atoms in total. The Kier molecular flexibility index (Phi) is 4.29. The summed E-state index contributed by atoms with van der Waals surface area (Å²) in [4.78, 5) is 42.2. The van der Waals surface area contributed by atoms with E-state index in [1.807, 2.05) is 0 Å². The predicted octanol–water partition coefficient (Wildman–Crippen LogP) is -0.557. The van der Waals surface area contributed by atoms with Crippen LogP contribution in [0.5, 0.6) is 0 Å². The lowest BCUT2D eigenvalue weighted by Gasteiger charge is -1.89. The van der Waals surface area contributed by atoms with Crippen LogP contribution >= 0.6 is 0 Å². The zero-order valence-electron chi connectivity index (χ0n) is 7.20. The van der Waals surface area contributed by atoms with Crippen molar-refractivity contribution in [1.82, 2.24) is 0 Å². The molecule has 0 saturated carbocycles. The van der Waals surface area contributed by atoms with Crippen molar-refractivity contribution in [1.29, 1.82) is 0 Å². The minimum atomic E-state index is -1.15. The summed E-state index contributed by atoms with van der Waals surface area (Å²) >= 11 is 0. The zero-order valence-corrected chi connectivity index (χ0v) is 7.20. The molecule has 0 N–H and O–H groups in total. The number of esters is 1. The number of hydrogen-bond donors (Lipinski definition) is 0. The van der Waals surface area contributed by atoms with Crippen molar-refractivity contribution in [2.24, 2.45) is 0 Å². The molecule has 0 saturated heterocycles. The summed E-state index contributed by atoms with van der Waals surface area (Å²) in [5.74, 6) is -3.80. The first-order chi connectivity index (χ1) is 5.99. The van der Waals surface area contributed by atoms with Crippen LogP contribution < -0.4 is 0 Å². The number of hydrogen-bond acceptors (Lipinski definition) is 5. The first-order valence-corrected chi connectivity index (χ1v) is 3.34. The number of carbonyl (C=O) groups excluding carboxylic acids is 4. The molecule has 5 heteroatoms. The van der Waals surface area contributed by atoms with E-state index in [1.54, 1.807) is 0 Å². The Morgan fingerprint density at radius 3 is 2.00 bits per heavy atom. The molecule has 0 rings (SSSR count). The molecule has 0 unspecified atom stereocenters. The molecule has 0 atom stereocenters. The molecule has 0 aliphatic heterocycles. The lowest BCUT2D eigenvalue weighted by atomic mass is 10.2. The van der Waals surface area contributed by atoms with Crippen molar-refractivity contribution in [2.45, 2.75) is 6.92 Å². The fourth-order valence-corrected chi connectivity index (χ4v) is 0.461. The van der Waals surface area contributed by atoms with E-state index in [2.05, 4.69) is 4.74 Å². The second kappa shape index (κ2) is 4.97. The molecule has 0 spiro atoms. The average Bonchev–Trinajstić information content (AvgIpc) is 2.11. The second-order valence-corrected chi connectivity index (χ2v) is 2.11. The van der Waals surface area contributed by atoms with E-state index in [-0.39, 0.29) is 0 Å². The predicted molar refractivity (Wildman–Crippen MR) is 41.9 cm³/mol. The molecule has 0 radical (unpaired) electrons. The SMILES string of the molecule is COC(=O)/C=C/C(=O)C(=O)C(C)=O. The van der Waals surface area contributed by atoms with E-state index in [4.69, 9.17) is 0 Å². The first-order valence-electron chi connectivity index (χ1n) is 3.34. The third kappa shape index (κ3) is 3.95. The minimum Gasteiger partial charge on any atom is -0.466 e. The number of carbonyl (C=O) groups is 4. The molecular formula is C8H8O5. The molecule has 0 aromatic rings. The highest BCUT2D eigenvalue weighted by Crippen LogP contribution is 1.84. The van der Waals surface area contributed by atoms with Gasteiger partial charge in [0.25, 0.3) is 5.78 Å². The van der Waals surface area contributed by atoms with Gasteiger partial charge in [-0.15, -0.1) is 0 Å². The number of Topliss-reactive ketones (excluding diaryl/α,β-unsaturated/α-hetero) is 2.